The molecule has 4 heteroatoms. The van der Waals surface area contributed by atoms with Gasteiger partial charge in [-0.2, -0.15) is 10.5 Å². The van der Waals surface area contributed by atoms with Gasteiger partial charge in [0.2, 0.25) is 0 Å². The smallest absolute Gasteiger partial charge is 0.176 e. The molecule has 0 bridgehead atoms. The molecule has 0 saturated heterocycles. The van der Waals surface area contributed by atoms with Crippen LogP contribution < -0.4 is 0 Å². The summed E-state index contributed by atoms with van der Waals surface area (Å²) in [7, 11) is 0. The minimum atomic E-state index is 0.185. The Bertz CT molecular complexity index is 688. The van der Waals surface area contributed by atoms with Crippen LogP contribution in [0.5, 0.6) is 0 Å². The molecule has 0 amide bonds. The van der Waals surface area contributed by atoms with Gasteiger partial charge in [0, 0.05) is 0 Å². The van der Waals surface area contributed by atoms with Gasteiger partial charge in [-0.05, 0) is 37.5 Å². The molecule has 0 atom stereocenters. The van der Waals surface area contributed by atoms with Crippen molar-refractivity contribution >= 4 is 0 Å². The molecule has 0 aliphatic rings. The zero-order valence-electron chi connectivity index (χ0n) is 11.2. The van der Waals surface area contributed by atoms with Crippen LogP contribution in [0.1, 0.15) is 33.6 Å². The van der Waals surface area contributed by atoms with Gasteiger partial charge in [-0.15, -0.1) is 0 Å². The Kier molecular flexibility index (Phi) is 3.35. The molecule has 1 aromatic heterocycles. The highest BCUT2D eigenvalue weighted by Gasteiger charge is 2.12. The third-order valence-corrected chi connectivity index (χ3v) is 3.22. The highest BCUT2D eigenvalue weighted by atomic mass is 15.1. The lowest BCUT2D eigenvalue weighted by Crippen LogP contribution is -2.05. The van der Waals surface area contributed by atoms with E-state index in [1.807, 2.05) is 12.1 Å². The molecule has 0 fully saturated rings. The van der Waals surface area contributed by atoms with E-state index in [-0.39, 0.29) is 5.69 Å². The summed E-state index contributed by atoms with van der Waals surface area (Å²) < 4.78 is 1.73. The van der Waals surface area contributed by atoms with Crippen LogP contribution in [0, 0.1) is 43.4 Å². The van der Waals surface area contributed by atoms with Crippen LogP contribution in [-0.2, 0) is 6.54 Å². The van der Waals surface area contributed by atoms with E-state index in [1.54, 1.807) is 10.9 Å². The highest BCUT2D eigenvalue weighted by molar-refractivity contribution is 5.40. The molecule has 1 heterocycles. The Hall–Kier alpha value is -2.59. The van der Waals surface area contributed by atoms with Crippen molar-refractivity contribution in [2.24, 2.45) is 0 Å². The van der Waals surface area contributed by atoms with E-state index in [0.717, 1.165) is 0 Å². The predicted molar refractivity (Wildman–Crippen MR) is 71.4 cm³/mol. The van der Waals surface area contributed by atoms with Crippen molar-refractivity contribution in [1.29, 1.82) is 10.5 Å². The third kappa shape index (κ3) is 2.34. The van der Waals surface area contributed by atoms with Gasteiger partial charge in [0.25, 0.3) is 0 Å². The largest absolute Gasteiger partial charge is 0.317 e. The van der Waals surface area contributed by atoms with E-state index in [0.29, 0.717) is 12.2 Å². The van der Waals surface area contributed by atoms with Crippen molar-refractivity contribution in [3.05, 3.63) is 52.1 Å². The van der Waals surface area contributed by atoms with Crippen LogP contribution in [0.4, 0.5) is 0 Å². The standard InChI is InChI=1S/C15H14N4/c1-10-4-11(2)13(12(3)5-10)8-19-9-18-14(6-16)15(19)7-17/h4-5,9H,8H2,1-3H3. The summed E-state index contributed by atoms with van der Waals surface area (Å²) in [5.41, 5.74) is 5.28. The van der Waals surface area contributed by atoms with Gasteiger partial charge in [-0.3, -0.25) is 0 Å². The first kappa shape index (κ1) is 12.9. The molecule has 2 aromatic rings. The number of hydrogen-bond donors (Lipinski definition) is 0. The lowest BCUT2D eigenvalue weighted by atomic mass is 10.00. The summed E-state index contributed by atoms with van der Waals surface area (Å²) in [6, 6.07) is 8.22. The van der Waals surface area contributed by atoms with Gasteiger partial charge in [0.1, 0.15) is 12.1 Å². The first-order chi connectivity index (χ1) is 9.06. The van der Waals surface area contributed by atoms with Crippen LogP contribution in [0.25, 0.3) is 0 Å². The maximum Gasteiger partial charge on any atom is 0.176 e. The van der Waals surface area contributed by atoms with Crippen LogP contribution >= 0.6 is 0 Å². The fraction of sp³-hybridized carbons (Fsp3) is 0.267. The molecule has 2 rings (SSSR count). The minimum Gasteiger partial charge on any atom is -0.317 e. The fourth-order valence-corrected chi connectivity index (χ4v) is 2.33. The molecular formula is C15H14N4. The number of nitriles is 2. The fourth-order valence-electron chi connectivity index (χ4n) is 2.33. The topological polar surface area (TPSA) is 65.4 Å². The van der Waals surface area contributed by atoms with Gasteiger partial charge < -0.3 is 4.57 Å². The second kappa shape index (κ2) is 4.96. The zero-order chi connectivity index (χ0) is 14.0. The van der Waals surface area contributed by atoms with E-state index in [9.17, 15) is 0 Å². The monoisotopic (exact) mass is 250 g/mol. The van der Waals surface area contributed by atoms with Crippen molar-refractivity contribution in [3.63, 3.8) is 0 Å². The van der Waals surface area contributed by atoms with Gasteiger partial charge in [0.15, 0.2) is 11.4 Å². The first-order valence-electron chi connectivity index (χ1n) is 5.99. The van der Waals surface area contributed by atoms with Crippen LogP contribution in [0.2, 0.25) is 0 Å². The SMILES string of the molecule is Cc1cc(C)c(Cn2cnc(C#N)c2C#N)c(C)c1. The van der Waals surface area contributed by atoms with Gasteiger partial charge in [-0.25, -0.2) is 4.98 Å². The molecule has 94 valence electrons. The summed E-state index contributed by atoms with van der Waals surface area (Å²) >= 11 is 0. The van der Waals surface area contributed by atoms with Gasteiger partial charge in [0.05, 0.1) is 12.9 Å². The van der Waals surface area contributed by atoms with Crippen molar-refractivity contribution in [3.8, 4) is 12.1 Å². The second-order valence-electron chi connectivity index (χ2n) is 4.67. The Morgan fingerprint density at radius 2 is 1.74 bits per heavy atom. The first-order valence-corrected chi connectivity index (χ1v) is 5.99. The van der Waals surface area contributed by atoms with E-state index >= 15 is 0 Å². The number of hydrogen-bond acceptors (Lipinski definition) is 3. The normalized spacial score (nSPS) is 9.95. The summed E-state index contributed by atoms with van der Waals surface area (Å²) in [5.74, 6) is 0. The molecule has 0 unspecified atom stereocenters. The molecule has 0 aliphatic heterocycles. The third-order valence-electron chi connectivity index (χ3n) is 3.22. The molecule has 4 nitrogen and oxygen atoms in total. The summed E-state index contributed by atoms with van der Waals surface area (Å²) in [4.78, 5) is 3.96. The lowest BCUT2D eigenvalue weighted by Gasteiger charge is -2.12. The number of aryl methyl sites for hydroxylation is 3. The van der Waals surface area contributed by atoms with E-state index in [4.69, 9.17) is 10.5 Å². The average molecular weight is 250 g/mol. The number of rotatable bonds is 2. The molecule has 0 aliphatic carbocycles. The number of imidazole rings is 1. The van der Waals surface area contributed by atoms with Crippen molar-refractivity contribution < 1.29 is 0 Å². The van der Waals surface area contributed by atoms with E-state index in [1.165, 1.54) is 22.3 Å². The lowest BCUT2D eigenvalue weighted by molar-refractivity contribution is 0.775. The highest BCUT2D eigenvalue weighted by Crippen LogP contribution is 2.19. The molecule has 19 heavy (non-hydrogen) atoms. The van der Waals surface area contributed by atoms with Crippen LogP contribution in [-0.4, -0.2) is 9.55 Å². The summed E-state index contributed by atoms with van der Waals surface area (Å²) in [6.45, 7) is 6.75. The summed E-state index contributed by atoms with van der Waals surface area (Å²) in [6.07, 6.45) is 1.55. The van der Waals surface area contributed by atoms with Crippen LogP contribution in [0.3, 0.4) is 0 Å². The number of nitrogens with zero attached hydrogens (tertiary/aromatic N) is 4. The molecular weight excluding hydrogens is 236 g/mol. The Balaban J connectivity index is 2.46. The average Bonchev–Trinajstić information content (AvgIpc) is 2.75. The van der Waals surface area contributed by atoms with Crippen molar-refractivity contribution in [1.82, 2.24) is 9.55 Å². The second-order valence-corrected chi connectivity index (χ2v) is 4.67. The molecule has 0 saturated carbocycles. The zero-order valence-corrected chi connectivity index (χ0v) is 11.2. The summed E-state index contributed by atoms with van der Waals surface area (Å²) in [5, 5.41) is 18.0. The predicted octanol–water partition coefficient (Wildman–Crippen LogP) is 2.60. The Morgan fingerprint density at radius 3 is 2.26 bits per heavy atom. The quantitative estimate of drug-likeness (QED) is 0.822. The Morgan fingerprint density at radius 1 is 1.11 bits per heavy atom. The maximum absolute atomic E-state index is 9.12. The van der Waals surface area contributed by atoms with Gasteiger partial charge in [-0.1, -0.05) is 17.7 Å². The van der Waals surface area contributed by atoms with E-state index < -0.39 is 0 Å². The molecule has 1 aromatic carbocycles. The molecule has 0 N–H and O–H groups in total. The number of benzene rings is 1. The number of aromatic nitrogens is 2. The van der Waals surface area contributed by atoms with E-state index in [2.05, 4.69) is 37.9 Å². The maximum atomic E-state index is 9.12. The van der Waals surface area contributed by atoms with Crippen LogP contribution in [0.15, 0.2) is 18.5 Å². The molecule has 0 spiro atoms. The van der Waals surface area contributed by atoms with Crippen molar-refractivity contribution in [2.45, 2.75) is 27.3 Å². The minimum absolute atomic E-state index is 0.185. The van der Waals surface area contributed by atoms with Gasteiger partial charge >= 0.3 is 0 Å². The van der Waals surface area contributed by atoms with Crippen molar-refractivity contribution in [2.75, 3.05) is 0 Å². The Labute approximate surface area is 112 Å². The molecule has 0 radical (unpaired) electrons.